The monoisotopic (exact) mass is 489 g/mol. The number of aromatic nitrogens is 3. The van der Waals surface area contributed by atoms with Crippen molar-refractivity contribution in [3.63, 3.8) is 0 Å². The van der Waals surface area contributed by atoms with Crippen molar-refractivity contribution in [1.82, 2.24) is 14.3 Å². The van der Waals surface area contributed by atoms with Gasteiger partial charge in [0.25, 0.3) is 0 Å². The molecule has 0 saturated carbocycles. The number of nitrogens with zero attached hydrogens (tertiary/aromatic N) is 3. The Morgan fingerprint density at radius 1 is 0.914 bits per heavy atom. The first-order valence-corrected chi connectivity index (χ1v) is 11.8. The lowest BCUT2D eigenvalue weighted by molar-refractivity contribution is 0.0473. The minimum absolute atomic E-state index is 0.246. The van der Waals surface area contributed by atoms with E-state index in [0.717, 1.165) is 22.5 Å². The molecule has 4 aromatic rings. The highest BCUT2D eigenvalue weighted by molar-refractivity contribution is 6.31. The molecule has 0 unspecified atom stereocenters. The number of halogens is 1. The van der Waals surface area contributed by atoms with Crippen LogP contribution in [0.15, 0.2) is 60.7 Å². The molecule has 4 rings (SSSR count). The van der Waals surface area contributed by atoms with Crippen LogP contribution in [0.2, 0.25) is 5.02 Å². The standard InChI is InChI=1S/C28H28ClN3O3/c1-18-14-24(20(3)31(18)16-23-12-8-9-13-25(23)29)26(33)17-35-28(34)27-19(2)30-32(21(27)4)15-22-10-6-5-7-11-22/h5-14H,15-17H2,1-4H3. The molecular weight excluding hydrogens is 462 g/mol. The van der Waals surface area contributed by atoms with E-state index in [9.17, 15) is 9.59 Å². The lowest BCUT2D eigenvalue weighted by atomic mass is 10.1. The average Bonchev–Trinajstić information content (AvgIpc) is 3.28. The number of Topliss-reactive ketones (excluding diaryl/α,β-unsaturated/α-hetero) is 1. The molecule has 0 bridgehead atoms. The fourth-order valence-corrected chi connectivity index (χ4v) is 4.50. The highest BCUT2D eigenvalue weighted by Gasteiger charge is 2.23. The predicted molar refractivity (Wildman–Crippen MR) is 136 cm³/mol. The van der Waals surface area contributed by atoms with E-state index in [1.54, 1.807) is 11.6 Å². The Balaban J connectivity index is 1.46. The second kappa shape index (κ2) is 10.3. The molecule has 0 radical (unpaired) electrons. The molecule has 0 saturated heterocycles. The van der Waals surface area contributed by atoms with Gasteiger partial charge in [-0.25, -0.2) is 4.79 Å². The summed E-state index contributed by atoms with van der Waals surface area (Å²) in [5.74, 6) is -0.790. The molecule has 0 atom stereocenters. The van der Waals surface area contributed by atoms with Gasteiger partial charge in [0.15, 0.2) is 6.61 Å². The van der Waals surface area contributed by atoms with Crippen molar-refractivity contribution >= 4 is 23.4 Å². The third-order valence-corrected chi connectivity index (χ3v) is 6.62. The number of ether oxygens (including phenoxy) is 1. The number of carbonyl (C=O) groups excluding carboxylic acids is 2. The number of rotatable bonds is 8. The molecule has 35 heavy (non-hydrogen) atoms. The van der Waals surface area contributed by atoms with Crippen LogP contribution in [0.3, 0.4) is 0 Å². The van der Waals surface area contributed by atoms with Crippen LogP contribution in [0.4, 0.5) is 0 Å². The second-order valence-electron chi connectivity index (χ2n) is 8.65. The van der Waals surface area contributed by atoms with E-state index >= 15 is 0 Å². The topological polar surface area (TPSA) is 66.1 Å². The third-order valence-electron chi connectivity index (χ3n) is 6.26. The fourth-order valence-electron chi connectivity index (χ4n) is 4.31. The number of ketones is 1. The maximum atomic E-state index is 13.0. The van der Waals surface area contributed by atoms with Crippen molar-refractivity contribution in [3.8, 4) is 0 Å². The number of esters is 1. The molecule has 0 N–H and O–H groups in total. The molecule has 180 valence electrons. The van der Waals surface area contributed by atoms with E-state index in [1.165, 1.54) is 0 Å². The van der Waals surface area contributed by atoms with Gasteiger partial charge in [-0.05, 0) is 51.0 Å². The van der Waals surface area contributed by atoms with E-state index in [4.69, 9.17) is 16.3 Å². The number of hydrogen-bond acceptors (Lipinski definition) is 4. The van der Waals surface area contributed by atoms with Crippen LogP contribution in [0.25, 0.3) is 0 Å². The summed E-state index contributed by atoms with van der Waals surface area (Å²) in [6.45, 7) is 8.22. The molecule has 0 aliphatic carbocycles. The summed E-state index contributed by atoms with van der Waals surface area (Å²) in [6, 6.07) is 19.4. The van der Waals surface area contributed by atoms with Crippen LogP contribution >= 0.6 is 11.6 Å². The number of benzene rings is 2. The summed E-state index contributed by atoms with van der Waals surface area (Å²) in [4.78, 5) is 25.8. The minimum atomic E-state index is -0.544. The van der Waals surface area contributed by atoms with Crippen molar-refractivity contribution in [3.05, 3.63) is 111 Å². The maximum absolute atomic E-state index is 13.0. The zero-order valence-electron chi connectivity index (χ0n) is 20.3. The van der Waals surface area contributed by atoms with Gasteiger partial charge in [-0.1, -0.05) is 60.1 Å². The Morgan fingerprint density at radius 3 is 2.31 bits per heavy atom. The molecule has 0 aliphatic rings. The fraction of sp³-hybridized carbons (Fsp3) is 0.250. The Bertz CT molecular complexity index is 1390. The highest BCUT2D eigenvalue weighted by atomic mass is 35.5. The van der Waals surface area contributed by atoms with Gasteiger partial charge >= 0.3 is 5.97 Å². The van der Waals surface area contributed by atoms with Gasteiger partial charge in [0, 0.05) is 28.5 Å². The lowest BCUT2D eigenvalue weighted by Gasteiger charge is -2.11. The Hall–Kier alpha value is -3.64. The molecule has 2 heterocycles. The van der Waals surface area contributed by atoms with Gasteiger partial charge in [-0.15, -0.1) is 0 Å². The highest BCUT2D eigenvalue weighted by Crippen LogP contribution is 2.22. The lowest BCUT2D eigenvalue weighted by Crippen LogP contribution is -2.16. The first-order valence-electron chi connectivity index (χ1n) is 11.4. The SMILES string of the molecule is Cc1nn(Cc2ccccc2)c(C)c1C(=O)OCC(=O)c1cc(C)n(Cc2ccccc2Cl)c1C. The predicted octanol–water partition coefficient (Wildman–Crippen LogP) is 5.71. The Morgan fingerprint density at radius 2 is 1.60 bits per heavy atom. The molecule has 6 nitrogen and oxygen atoms in total. The van der Waals surface area contributed by atoms with E-state index < -0.39 is 5.97 Å². The van der Waals surface area contributed by atoms with E-state index in [-0.39, 0.29) is 12.4 Å². The number of carbonyl (C=O) groups is 2. The Labute approximate surface area is 210 Å². The van der Waals surface area contributed by atoms with Crippen LogP contribution in [-0.2, 0) is 17.8 Å². The first kappa shape index (κ1) is 24.5. The molecule has 0 amide bonds. The quantitative estimate of drug-likeness (QED) is 0.235. The van der Waals surface area contributed by atoms with Crippen molar-refractivity contribution in [2.75, 3.05) is 6.61 Å². The van der Waals surface area contributed by atoms with Crippen LogP contribution in [0.1, 0.15) is 54.6 Å². The molecule has 0 aliphatic heterocycles. The number of hydrogen-bond donors (Lipinski definition) is 0. The summed E-state index contributed by atoms with van der Waals surface area (Å²) >= 11 is 6.32. The van der Waals surface area contributed by atoms with Crippen molar-refractivity contribution in [1.29, 1.82) is 0 Å². The summed E-state index contributed by atoms with van der Waals surface area (Å²) in [5.41, 5.74) is 6.03. The maximum Gasteiger partial charge on any atom is 0.342 e. The van der Waals surface area contributed by atoms with Gasteiger partial charge < -0.3 is 9.30 Å². The smallest absolute Gasteiger partial charge is 0.342 e. The largest absolute Gasteiger partial charge is 0.454 e. The van der Waals surface area contributed by atoms with Gasteiger partial charge in [0.1, 0.15) is 5.56 Å². The molecule has 0 fully saturated rings. The van der Waals surface area contributed by atoms with Crippen LogP contribution < -0.4 is 0 Å². The molecule has 2 aromatic heterocycles. The zero-order valence-corrected chi connectivity index (χ0v) is 21.1. The van der Waals surface area contributed by atoms with Gasteiger partial charge in [-0.3, -0.25) is 9.48 Å². The van der Waals surface area contributed by atoms with Crippen LogP contribution in [-0.4, -0.2) is 32.7 Å². The Kier molecular flexibility index (Phi) is 7.22. The third kappa shape index (κ3) is 5.23. The van der Waals surface area contributed by atoms with E-state index in [1.807, 2.05) is 86.0 Å². The molecule has 0 spiro atoms. The van der Waals surface area contributed by atoms with Crippen molar-refractivity contribution in [2.24, 2.45) is 0 Å². The summed E-state index contributed by atoms with van der Waals surface area (Å²) < 4.78 is 9.26. The first-order chi connectivity index (χ1) is 16.8. The zero-order chi connectivity index (χ0) is 25.1. The van der Waals surface area contributed by atoms with Gasteiger partial charge in [-0.2, -0.15) is 5.10 Å². The van der Waals surface area contributed by atoms with Crippen LogP contribution in [0, 0.1) is 27.7 Å². The minimum Gasteiger partial charge on any atom is -0.454 e. The normalized spacial score (nSPS) is 11.0. The average molecular weight is 490 g/mol. The molecular formula is C28H28ClN3O3. The molecule has 7 heteroatoms. The summed E-state index contributed by atoms with van der Waals surface area (Å²) in [5, 5.41) is 5.19. The van der Waals surface area contributed by atoms with E-state index in [0.29, 0.717) is 40.6 Å². The van der Waals surface area contributed by atoms with Crippen LogP contribution in [0.5, 0.6) is 0 Å². The molecule has 2 aromatic carbocycles. The van der Waals surface area contributed by atoms with Gasteiger partial charge in [0.05, 0.1) is 17.9 Å². The van der Waals surface area contributed by atoms with E-state index in [2.05, 4.69) is 5.10 Å². The van der Waals surface area contributed by atoms with Crippen molar-refractivity contribution in [2.45, 2.75) is 40.8 Å². The second-order valence-corrected chi connectivity index (χ2v) is 9.06. The summed E-state index contributed by atoms with van der Waals surface area (Å²) in [7, 11) is 0. The van der Waals surface area contributed by atoms with Crippen molar-refractivity contribution < 1.29 is 14.3 Å². The number of aryl methyl sites for hydroxylation is 2. The van der Waals surface area contributed by atoms with Gasteiger partial charge in [0.2, 0.25) is 5.78 Å². The summed E-state index contributed by atoms with van der Waals surface area (Å²) in [6.07, 6.45) is 0.